The van der Waals surface area contributed by atoms with Crippen molar-refractivity contribution >= 4 is 17.8 Å². The number of aliphatic hydroxyl groups is 11. The summed E-state index contributed by atoms with van der Waals surface area (Å²) in [5, 5.41) is 136. The van der Waals surface area contributed by atoms with Gasteiger partial charge in [0.1, 0.15) is 67.1 Å². The normalized spacial score (nSPS) is 27.8. The predicted octanol–water partition coefficient (Wildman–Crippen LogP) is 8.07. The maximum Gasteiger partial charge on any atom is 0.364 e. The number of hydrogen-bond acceptors (Lipinski definition) is 20. The highest BCUT2D eigenvalue weighted by molar-refractivity contribution is 5.77. The molecule has 0 bridgehead atoms. The van der Waals surface area contributed by atoms with Crippen LogP contribution in [0.2, 0.25) is 0 Å². The lowest BCUT2D eigenvalue weighted by atomic mass is 9.88. The topological polar surface area (TPSA) is 373 Å². The summed E-state index contributed by atoms with van der Waals surface area (Å²) in [6.07, 6.45) is 20.9. The van der Waals surface area contributed by atoms with Gasteiger partial charge in [-0.05, 0) is 12.8 Å². The van der Waals surface area contributed by atoms with Gasteiger partial charge in [-0.3, -0.25) is 9.59 Å². The Hall–Kier alpha value is -2.27. The Bertz CT molecular complexity index is 1900. The van der Waals surface area contributed by atoms with E-state index in [9.17, 15) is 75.7 Å². The van der Waals surface area contributed by atoms with Crippen LogP contribution in [0.1, 0.15) is 297 Å². The van der Waals surface area contributed by atoms with Crippen molar-refractivity contribution in [1.29, 1.82) is 0 Å². The van der Waals surface area contributed by atoms with E-state index in [0.717, 1.165) is 51.9 Å². The lowest BCUT2D eigenvalue weighted by molar-refractivity contribution is -0.386. The Labute approximate surface area is 563 Å². The molecule has 0 radical (unpaired) electrons. The molecule has 3 saturated heterocycles. The first-order valence-electron chi connectivity index (χ1n) is 37.4. The summed E-state index contributed by atoms with van der Waals surface area (Å²) in [6, 6.07) is -2.52. The minimum absolute atomic E-state index is 0.229. The largest absolute Gasteiger partial charge is 0.477 e. The zero-order chi connectivity index (χ0) is 68.9. The van der Waals surface area contributed by atoms with Crippen molar-refractivity contribution in [3.05, 3.63) is 0 Å². The van der Waals surface area contributed by atoms with Gasteiger partial charge in [-0.2, -0.15) is 0 Å². The molecule has 0 spiro atoms. The maximum atomic E-state index is 13.5. The van der Waals surface area contributed by atoms with Crippen LogP contribution in [0, 0.1) is 0 Å². The molecule has 3 heterocycles. The number of nitrogens with one attached hydrogen (secondary N) is 2. The monoisotopic (exact) mass is 1350 g/mol. The third-order valence-electron chi connectivity index (χ3n) is 19.3. The molecule has 0 saturated carbocycles. The van der Waals surface area contributed by atoms with E-state index in [1.165, 1.54) is 199 Å². The van der Waals surface area contributed by atoms with Gasteiger partial charge in [0.25, 0.3) is 5.79 Å². The number of aliphatic carboxylic acids is 1. The van der Waals surface area contributed by atoms with Gasteiger partial charge in [0.2, 0.25) is 11.8 Å². The van der Waals surface area contributed by atoms with E-state index in [2.05, 4.69) is 24.5 Å². The first kappa shape index (κ1) is 86.0. The lowest BCUT2D eigenvalue weighted by Crippen LogP contribution is -2.70. The van der Waals surface area contributed by atoms with E-state index < -0.39 is 148 Å². The Morgan fingerprint density at radius 1 is 0.511 bits per heavy atom. The van der Waals surface area contributed by atoms with Gasteiger partial charge in [-0.25, -0.2) is 4.79 Å². The molecule has 14 N–H and O–H groups in total. The molecular formula is C71H134N2O21. The Morgan fingerprint density at radius 3 is 1.33 bits per heavy atom. The van der Waals surface area contributed by atoms with Crippen LogP contribution < -0.4 is 10.6 Å². The summed E-state index contributed by atoms with van der Waals surface area (Å²) in [6.45, 7) is 2.25. The standard InChI is InChI=1S/C71H134N2O21/c1-4-6-8-10-12-14-16-18-20-22-23-24-25-26-27-29-30-32-34-36-38-40-42-44-53(78)52(73-58(81)45-43-41-39-37-35-33-31-28-21-19-17-15-13-11-9-7-5-2)50-89-68-63(85)62(84)65(57(49-76)91-68)92-69-64(86)67(61(83)56(48-75)90-69)94-71(70(87)88)46-54(79)59(72-51(3)77)66(93-71)60(82)55(80)47-74/h52-57,59-69,74-76,78-80,82-86H,4-50H2,1-3H3,(H,72,77)(H,73,81)(H,87,88). The van der Waals surface area contributed by atoms with Crippen LogP contribution in [0.3, 0.4) is 0 Å². The number of carbonyl (C=O) groups is 3. The summed E-state index contributed by atoms with van der Waals surface area (Å²) >= 11 is 0. The summed E-state index contributed by atoms with van der Waals surface area (Å²) in [5.41, 5.74) is 0. The second-order valence-electron chi connectivity index (χ2n) is 27.5. The van der Waals surface area contributed by atoms with Crippen molar-refractivity contribution in [1.82, 2.24) is 10.6 Å². The van der Waals surface area contributed by atoms with E-state index in [4.69, 9.17) is 28.4 Å². The summed E-state index contributed by atoms with van der Waals surface area (Å²) in [4.78, 5) is 38.6. The second-order valence-corrected chi connectivity index (χ2v) is 27.5. The van der Waals surface area contributed by atoms with Gasteiger partial charge in [-0.1, -0.05) is 264 Å². The van der Waals surface area contributed by atoms with E-state index in [1.54, 1.807) is 0 Å². The molecule has 18 atom stereocenters. The fourth-order valence-corrected chi connectivity index (χ4v) is 13.4. The van der Waals surface area contributed by atoms with Crippen molar-refractivity contribution in [2.45, 2.75) is 407 Å². The molecule has 0 aromatic carbocycles. The summed E-state index contributed by atoms with van der Waals surface area (Å²) < 4.78 is 34.9. The highest BCUT2D eigenvalue weighted by atomic mass is 16.8. The molecule has 2 amide bonds. The Balaban J connectivity index is 1.55. The van der Waals surface area contributed by atoms with Crippen LogP contribution >= 0.6 is 0 Å². The van der Waals surface area contributed by atoms with Crippen LogP contribution in [-0.4, -0.2) is 215 Å². The van der Waals surface area contributed by atoms with Crippen LogP contribution in [0.4, 0.5) is 0 Å². The average molecular weight is 1350 g/mol. The summed E-state index contributed by atoms with van der Waals surface area (Å²) in [5.74, 6) is -6.09. The van der Waals surface area contributed by atoms with E-state index in [-0.39, 0.29) is 18.9 Å². The molecule has 3 rings (SSSR count). The fourth-order valence-electron chi connectivity index (χ4n) is 13.4. The van der Waals surface area contributed by atoms with Gasteiger partial charge >= 0.3 is 5.97 Å². The zero-order valence-corrected chi connectivity index (χ0v) is 58.1. The maximum absolute atomic E-state index is 13.5. The van der Waals surface area contributed by atoms with Crippen LogP contribution in [0.5, 0.6) is 0 Å². The SMILES string of the molecule is CCCCCCCCCCCCCCCCCCCCCCCCCC(O)C(COC1OC(CO)C(OC2OC(CO)C(O)C(OC3(C(=O)O)CC(O)C(NC(C)=O)C(C(O)C(O)CO)O3)C2O)C(O)C1O)NC(=O)CCCCCCCCCCCCCCCCCCC. The number of rotatable bonds is 58. The van der Waals surface area contributed by atoms with E-state index >= 15 is 0 Å². The van der Waals surface area contributed by atoms with Gasteiger partial charge in [0.05, 0.1) is 50.7 Å². The Kier molecular flexibility index (Phi) is 47.4. The number of carboxylic acid groups (broad SMARTS) is 1. The minimum Gasteiger partial charge on any atom is -0.477 e. The second kappa shape index (κ2) is 51.8. The number of carbonyl (C=O) groups excluding carboxylic acids is 2. The number of ether oxygens (including phenoxy) is 6. The number of carboxylic acids is 1. The molecule has 0 aromatic heterocycles. The molecule has 23 heteroatoms. The molecule has 0 aromatic rings. The van der Waals surface area contributed by atoms with Crippen LogP contribution in [0.25, 0.3) is 0 Å². The number of amides is 2. The number of hydrogen-bond donors (Lipinski definition) is 14. The van der Waals surface area contributed by atoms with Crippen molar-refractivity contribution < 1.29 is 104 Å². The third kappa shape index (κ3) is 33.3. The third-order valence-corrected chi connectivity index (χ3v) is 19.3. The van der Waals surface area contributed by atoms with Crippen LogP contribution in [-0.2, 0) is 42.8 Å². The average Bonchev–Trinajstić information content (AvgIpc) is 0.760. The van der Waals surface area contributed by atoms with E-state index in [0.29, 0.717) is 19.3 Å². The van der Waals surface area contributed by atoms with Gasteiger partial charge in [-0.15, -0.1) is 0 Å². The molecule has 3 aliphatic heterocycles. The molecular weight excluding hydrogens is 1220 g/mol. The molecule has 18 unspecified atom stereocenters. The first-order valence-corrected chi connectivity index (χ1v) is 37.4. The molecule has 3 fully saturated rings. The van der Waals surface area contributed by atoms with Crippen molar-refractivity contribution in [2.24, 2.45) is 0 Å². The van der Waals surface area contributed by atoms with Crippen molar-refractivity contribution in [3.63, 3.8) is 0 Å². The predicted molar refractivity (Wildman–Crippen MR) is 357 cm³/mol. The quantitative estimate of drug-likeness (QED) is 0.0256. The Morgan fingerprint density at radius 2 is 0.926 bits per heavy atom. The molecule has 3 aliphatic rings. The highest BCUT2D eigenvalue weighted by Crippen LogP contribution is 2.39. The minimum atomic E-state index is -3.08. The van der Waals surface area contributed by atoms with Crippen LogP contribution in [0.15, 0.2) is 0 Å². The number of unbranched alkanes of at least 4 members (excludes halogenated alkanes) is 38. The fraction of sp³-hybridized carbons (Fsp3) is 0.958. The highest BCUT2D eigenvalue weighted by Gasteiger charge is 2.60. The molecule has 554 valence electrons. The van der Waals surface area contributed by atoms with Gasteiger partial charge < -0.3 is 100 Å². The molecule has 23 nitrogen and oxygen atoms in total. The van der Waals surface area contributed by atoms with Gasteiger partial charge in [0.15, 0.2) is 12.6 Å². The summed E-state index contributed by atoms with van der Waals surface area (Å²) in [7, 11) is 0. The smallest absolute Gasteiger partial charge is 0.364 e. The van der Waals surface area contributed by atoms with Crippen molar-refractivity contribution in [2.75, 3.05) is 26.4 Å². The van der Waals surface area contributed by atoms with E-state index in [1.807, 2.05) is 0 Å². The molecule has 94 heavy (non-hydrogen) atoms. The first-order chi connectivity index (χ1) is 45.4. The lowest BCUT2D eigenvalue weighted by Gasteiger charge is -2.50. The molecule has 0 aliphatic carbocycles. The number of aliphatic hydroxyl groups excluding tert-OH is 11. The zero-order valence-electron chi connectivity index (χ0n) is 58.1. The van der Waals surface area contributed by atoms with Gasteiger partial charge in [0, 0.05) is 19.8 Å². The van der Waals surface area contributed by atoms with Crippen molar-refractivity contribution in [3.8, 4) is 0 Å².